The van der Waals surface area contributed by atoms with Gasteiger partial charge in [0.15, 0.2) is 0 Å². The Morgan fingerprint density at radius 1 is 1.38 bits per heavy atom. The molecule has 72 valence electrons. The number of aromatic nitrogens is 1. The molecule has 0 spiro atoms. The smallest absolute Gasteiger partial charge is 0.0225 e. The van der Waals surface area contributed by atoms with E-state index in [2.05, 4.69) is 43.7 Å². The Bertz CT molecular complexity index is 290. The topological polar surface area (TPSA) is 4.93 Å². The van der Waals surface area contributed by atoms with E-state index < -0.39 is 0 Å². The first-order valence-corrected chi connectivity index (χ1v) is 5.21. The van der Waals surface area contributed by atoms with Gasteiger partial charge in [-0.15, -0.1) is 0 Å². The Labute approximate surface area is 80.8 Å². The van der Waals surface area contributed by atoms with Crippen molar-refractivity contribution >= 4 is 0 Å². The van der Waals surface area contributed by atoms with E-state index in [9.17, 15) is 0 Å². The van der Waals surface area contributed by atoms with E-state index in [0.29, 0.717) is 5.41 Å². The lowest BCUT2D eigenvalue weighted by atomic mass is 9.75. The van der Waals surface area contributed by atoms with Gasteiger partial charge in [0, 0.05) is 18.4 Å². The minimum atomic E-state index is 0.468. The molecule has 1 aromatic heterocycles. The maximum Gasteiger partial charge on any atom is 0.0225 e. The molecule has 0 aliphatic carbocycles. The fourth-order valence-electron chi connectivity index (χ4n) is 2.24. The highest BCUT2D eigenvalue weighted by Crippen LogP contribution is 2.34. The zero-order chi connectivity index (χ0) is 9.47. The van der Waals surface area contributed by atoms with Gasteiger partial charge in [-0.1, -0.05) is 20.8 Å². The first-order chi connectivity index (χ1) is 6.07. The Morgan fingerprint density at radius 2 is 2.15 bits per heavy atom. The lowest BCUT2D eigenvalue weighted by molar-refractivity contribution is 0.196. The Kier molecular flexibility index (Phi) is 1.98. The second-order valence-corrected chi connectivity index (χ2v) is 5.25. The van der Waals surface area contributed by atoms with Gasteiger partial charge in [0.05, 0.1) is 0 Å². The number of hydrogen-bond donors (Lipinski definition) is 0. The average Bonchev–Trinajstić information content (AvgIpc) is 2.47. The fraction of sp³-hybridized carbons (Fsp3) is 0.667. The normalized spacial score (nSPS) is 22.8. The quantitative estimate of drug-likeness (QED) is 0.574. The molecule has 1 aliphatic heterocycles. The largest absolute Gasteiger partial charge is 0.351 e. The molecule has 1 aliphatic rings. The molecule has 1 aromatic rings. The van der Waals surface area contributed by atoms with E-state index in [1.165, 1.54) is 25.1 Å². The number of aryl methyl sites for hydroxylation is 1. The zero-order valence-electron chi connectivity index (χ0n) is 8.88. The van der Waals surface area contributed by atoms with Gasteiger partial charge in [-0.3, -0.25) is 0 Å². The third-order valence-corrected chi connectivity index (χ3v) is 3.32. The van der Waals surface area contributed by atoms with Crippen LogP contribution >= 0.6 is 0 Å². The van der Waals surface area contributed by atoms with Crippen molar-refractivity contribution in [2.24, 2.45) is 11.3 Å². The Balaban J connectivity index is 2.18. The summed E-state index contributed by atoms with van der Waals surface area (Å²) in [4.78, 5) is 0. The highest BCUT2D eigenvalue weighted by atomic mass is 15.0. The van der Waals surface area contributed by atoms with Crippen LogP contribution in [0, 0.1) is 11.3 Å². The van der Waals surface area contributed by atoms with Gasteiger partial charge in [-0.05, 0) is 36.3 Å². The van der Waals surface area contributed by atoms with Gasteiger partial charge in [0.2, 0.25) is 0 Å². The first kappa shape index (κ1) is 8.86. The molecule has 0 fully saturated rings. The third-order valence-electron chi connectivity index (χ3n) is 3.32. The van der Waals surface area contributed by atoms with E-state index in [4.69, 9.17) is 0 Å². The number of nitrogens with zero attached hydrogens (tertiary/aromatic N) is 1. The third kappa shape index (κ3) is 1.65. The van der Waals surface area contributed by atoms with Crippen molar-refractivity contribution < 1.29 is 0 Å². The zero-order valence-corrected chi connectivity index (χ0v) is 8.88. The van der Waals surface area contributed by atoms with Crippen LogP contribution in [-0.4, -0.2) is 4.57 Å². The molecular formula is C12H19N. The van der Waals surface area contributed by atoms with E-state index in [1.54, 1.807) is 0 Å². The van der Waals surface area contributed by atoms with Crippen molar-refractivity contribution in [3.63, 3.8) is 0 Å². The molecule has 0 N–H and O–H groups in total. The van der Waals surface area contributed by atoms with Gasteiger partial charge in [-0.25, -0.2) is 0 Å². The van der Waals surface area contributed by atoms with Gasteiger partial charge >= 0.3 is 0 Å². The van der Waals surface area contributed by atoms with Crippen molar-refractivity contribution in [1.29, 1.82) is 0 Å². The minimum Gasteiger partial charge on any atom is -0.351 e. The van der Waals surface area contributed by atoms with Crippen LogP contribution in [0.2, 0.25) is 0 Å². The van der Waals surface area contributed by atoms with Crippen molar-refractivity contribution in [1.82, 2.24) is 4.57 Å². The number of hydrogen-bond acceptors (Lipinski definition) is 0. The molecular weight excluding hydrogens is 158 g/mol. The summed E-state index contributed by atoms with van der Waals surface area (Å²) in [5.74, 6) is 0.856. The Hall–Kier alpha value is -0.720. The molecule has 1 heteroatoms. The van der Waals surface area contributed by atoms with Crippen molar-refractivity contribution in [3.8, 4) is 0 Å². The monoisotopic (exact) mass is 177 g/mol. The second kappa shape index (κ2) is 2.90. The molecule has 2 rings (SSSR count). The van der Waals surface area contributed by atoms with Crippen LogP contribution in [0.1, 0.15) is 32.9 Å². The summed E-state index contributed by atoms with van der Waals surface area (Å²) in [6, 6.07) is 4.43. The summed E-state index contributed by atoms with van der Waals surface area (Å²) in [5.41, 5.74) is 1.99. The molecule has 0 amide bonds. The van der Waals surface area contributed by atoms with Crippen LogP contribution in [0.5, 0.6) is 0 Å². The standard InChI is InChI=1S/C12H19N/c1-12(2,3)10-6-8-13-7-4-5-11(13)9-10/h4-5,7,10H,6,8-9H2,1-3H3. The van der Waals surface area contributed by atoms with Crippen molar-refractivity contribution in [2.75, 3.05) is 0 Å². The maximum absolute atomic E-state index is 2.39. The summed E-state index contributed by atoms with van der Waals surface area (Å²) >= 11 is 0. The summed E-state index contributed by atoms with van der Waals surface area (Å²) in [5, 5.41) is 0. The molecule has 1 unspecified atom stereocenters. The van der Waals surface area contributed by atoms with E-state index in [0.717, 1.165) is 5.92 Å². The van der Waals surface area contributed by atoms with Gasteiger partial charge in [-0.2, -0.15) is 0 Å². The van der Waals surface area contributed by atoms with Crippen LogP contribution in [0.15, 0.2) is 18.3 Å². The van der Waals surface area contributed by atoms with Crippen molar-refractivity contribution in [3.05, 3.63) is 24.0 Å². The highest BCUT2D eigenvalue weighted by Gasteiger charge is 2.28. The summed E-state index contributed by atoms with van der Waals surface area (Å²) in [7, 11) is 0. The molecule has 13 heavy (non-hydrogen) atoms. The summed E-state index contributed by atoms with van der Waals surface area (Å²) in [6.07, 6.45) is 4.80. The second-order valence-electron chi connectivity index (χ2n) is 5.25. The predicted molar refractivity (Wildman–Crippen MR) is 55.7 cm³/mol. The molecule has 0 aromatic carbocycles. The van der Waals surface area contributed by atoms with Crippen LogP contribution in [-0.2, 0) is 13.0 Å². The summed E-state index contributed by atoms with van der Waals surface area (Å²) < 4.78 is 2.39. The Morgan fingerprint density at radius 3 is 2.85 bits per heavy atom. The van der Waals surface area contributed by atoms with E-state index in [-0.39, 0.29) is 0 Å². The fourth-order valence-corrected chi connectivity index (χ4v) is 2.24. The minimum absolute atomic E-state index is 0.468. The maximum atomic E-state index is 2.39. The van der Waals surface area contributed by atoms with E-state index in [1.807, 2.05) is 0 Å². The van der Waals surface area contributed by atoms with Crippen LogP contribution < -0.4 is 0 Å². The predicted octanol–water partition coefficient (Wildman–Crippen LogP) is 3.10. The molecule has 0 bridgehead atoms. The van der Waals surface area contributed by atoms with Crippen molar-refractivity contribution in [2.45, 2.75) is 40.2 Å². The average molecular weight is 177 g/mol. The van der Waals surface area contributed by atoms with Crippen LogP contribution in [0.25, 0.3) is 0 Å². The molecule has 0 saturated carbocycles. The first-order valence-electron chi connectivity index (χ1n) is 5.21. The molecule has 0 radical (unpaired) electrons. The molecule has 1 nitrogen and oxygen atoms in total. The summed E-state index contributed by atoms with van der Waals surface area (Å²) in [6.45, 7) is 8.28. The lowest BCUT2D eigenvalue weighted by Crippen LogP contribution is -2.28. The molecule has 2 heterocycles. The number of rotatable bonds is 0. The highest BCUT2D eigenvalue weighted by molar-refractivity contribution is 5.10. The van der Waals surface area contributed by atoms with Crippen LogP contribution in [0.3, 0.4) is 0 Å². The SMILES string of the molecule is CC(C)(C)C1CCn2cccc2C1. The number of fused-ring (bicyclic) bond motifs is 1. The molecule has 0 saturated heterocycles. The van der Waals surface area contributed by atoms with Gasteiger partial charge in [0.1, 0.15) is 0 Å². The molecule has 1 atom stereocenters. The van der Waals surface area contributed by atoms with Crippen LogP contribution in [0.4, 0.5) is 0 Å². The van der Waals surface area contributed by atoms with Gasteiger partial charge in [0.25, 0.3) is 0 Å². The van der Waals surface area contributed by atoms with Gasteiger partial charge < -0.3 is 4.57 Å². The lowest BCUT2D eigenvalue weighted by Gasteiger charge is -2.34. The van der Waals surface area contributed by atoms with E-state index >= 15 is 0 Å².